The van der Waals surface area contributed by atoms with Gasteiger partial charge in [0.25, 0.3) is 0 Å². The van der Waals surface area contributed by atoms with Gasteiger partial charge in [0.1, 0.15) is 0 Å². The maximum atomic E-state index is 5.70. The molecule has 0 radical (unpaired) electrons. The van der Waals surface area contributed by atoms with Gasteiger partial charge in [0.15, 0.2) is 0 Å². The van der Waals surface area contributed by atoms with Gasteiger partial charge in [-0.1, -0.05) is 51.8 Å². The van der Waals surface area contributed by atoms with Crippen molar-refractivity contribution < 1.29 is 0 Å². The van der Waals surface area contributed by atoms with Crippen molar-refractivity contribution in [3.8, 4) is 0 Å². The Kier molecular flexibility index (Phi) is 6.68. The third-order valence-electron chi connectivity index (χ3n) is 4.84. The molecule has 2 atom stereocenters. The van der Waals surface area contributed by atoms with E-state index in [0.29, 0.717) is 11.6 Å². The molecule has 0 bridgehead atoms. The van der Waals surface area contributed by atoms with Crippen molar-refractivity contribution >= 4 is 11.6 Å². The molecule has 0 spiro atoms. The van der Waals surface area contributed by atoms with Gasteiger partial charge in [-0.25, -0.2) is 0 Å². The highest BCUT2D eigenvalue weighted by Gasteiger charge is 2.39. The molecule has 1 aliphatic rings. The summed E-state index contributed by atoms with van der Waals surface area (Å²) in [7, 11) is 0. The van der Waals surface area contributed by atoms with E-state index in [9.17, 15) is 0 Å². The zero-order chi connectivity index (χ0) is 13.6. The first-order valence-electron chi connectivity index (χ1n) is 7.37. The Hall–Kier alpha value is -0.0500. The highest BCUT2D eigenvalue weighted by Crippen LogP contribution is 2.28. The molecule has 0 aromatic heterocycles. The first-order chi connectivity index (χ1) is 8.63. The molecule has 106 valence electrons. The fourth-order valence-electron chi connectivity index (χ4n) is 2.98. The normalized spacial score (nSPS) is 26.6. The first-order valence-corrected chi connectivity index (χ1v) is 7.80. The molecule has 1 N–H and O–H groups in total. The van der Waals surface area contributed by atoms with Gasteiger partial charge in [0.2, 0.25) is 0 Å². The van der Waals surface area contributed by atoms with Gasteiger partial charge in [-0.3, -0.25) is 4.90 Å². The van der Waals surface area contributed by atoms with Crippen molar-refractivity contribution in [2.24, 2.45) is 5.92 Å². The Morgan fingerprint density at radius 1 is 1.39 bits per heavy atom. The van der Waals surface area contributed by atoms with Crippen molar-refractivity contribution in [1.29, 1.82) is 0 Å². The number of piperazine rings is 1. The Labute approximate surface area is 118 Å². The van der Waals surface area contributed by atoms with E-state index in [1.165, 1.54) is 19.3 Å². The first kappa shape index (κ1) is 16.0. The van der Waals surface area contributed by atoms with Gasteiger partial charge in [-0.2, -0.15) is 0 Å². The minimum Gasteiger partial charge on any atom is -0.311 e. The van der Waals surface area contributed by atoms with Crippen molar-refractivity contribution in [2.45, 2.75) is 58.5 Å². The molecule has 3 heteroatoms. The number of rotatable bonds is 6. The Morgan fingerprint density at radius 2 is 2.06 bits per heavy atom. The second-order valence-electron chi connectivity index (χ2n) is 5.57. The van der Waals surface area contributed by atoms with Crippen molar-refractivity contribution in [2.75, 3.05) is 19.6 Å². The summed E-state index contributed by atoms with van der Waals surface area (Å²) in [5, 5.41) is 3.77. The topological polar surface area (TPSA) is 15.3 Å². The lowest BCUT2D eigenvalue weighted by atomic mass is 9.84. The van der Waals surface area contributed by atoms with Crippen LogP contribution in [0.1, 0.15) is 47.0 Å². The lowest BCUT2D eigenvalue weighted by Crippen LogP contribution is -2.65. The highest BCUT2D eigenvalue weighted by molar-refractivity contribution is 6.25. The average Bonchev–Trinajstić information content (AvgIpc) is 2.43. The fourth-order valence-corrected chi connectivity index (χ4v) is 3.06. The number of hydrogen-bond acceptors (Lipinski definition) is 2. The predicted molar refractivity (Wildman–Crippen MR) is 81.1 cm³/mol. The van der Waals surface area contributed by atoms with E-state index in [1.54, 1.807) is 5.54 Å². The second-order valence-corrected chi connectivity index (χ2v) is 5.82. The molecule has 0 aromatic rings. The summed E-state index contributed by atoms with van der Waals surface area (Å²) in [6, 6.07) is 0.616. The van der Waals surface area contributed by atoms with Gasteiger partial charge in [0, 0.05) is 36.8 Å². The molecule has 1 fully saturated rings. The van der Waals surface area contributed by atoms with Crippen LogP contribution in [0.15, 0.2) is 11.6 Å². The lowest BCUT2D eigenvalue weighted by molar-refractivity contribution is 0.0303. The molecular formula is C15H29ClN2. The summed E-state index contributed by atoms with van der Waals surface area (Å²) in [5.74, 6) is 0.735. The second kappa shape index (κ2) is 7.52. The number of halogens is 1. The maximum absolute atomic E-state index is 5.70. The van der Waals surface area contributed by atoms with E-state index in [0.717, 1.165) is 25.6 Å². The summed E-state index contributed by atoms with van der Waals surface area (Å²) in [6.45, 7) is 12.4. The molecule has 1 heterocycles. The van der Waals surface area contributed by atoms with E-state index in [2.05, 4.69) is 44.0 Å². The van der Waals surface area contributed by atoms with Crippen molar-refractivity contribution in [1.82, 2.24) is 10.2 Å². The number of hydrogen-bond donors (Lipinski definition) is 1. The smallest absolute Gasteiger partial charge is 0.0332 e. The zero-order valence-electron chi connectivity index (χ0n) is 12.4. The quantitative estimate of drug-likeness (QED) is 0.795. The molecule has 0 amide bonds. The minimum absolute atomic E-state index is 0.306. The molecular weight excluding hydrogens is 244 g/mol. The predicted octanol–water partition coefficient (Wildman–Crippen LogP) is 3.62. The van der Waals surface area contributed by atoms with E-state index >= 15 is 0 Å². The Morgan fingerprint density at radius 3 is 2.56 bits per heavy atom. The maximum Gasteiger partial charge on any atom is 0.0332 e. The molecule has 0 saturated carbocycles. The van der Waals surface area contributed by atoms with Gasteiger partial charge in [-0.15, -0.1) is 0 Å². The summed E-state index contributed by atoms with van der Waals surface area (Å²) < 4.78 is 0. The summed E-state index contributed by atoms with van der Waals surface area (Å²) in [5.41, 5.74) is 1.96. The van der Waals surface area contributed by atoms with Gasteiger partial charge in [0.05, 0.1) is 0 Å². The Balaban J connectivity index is 2.78. The largest absolute Gasteiger partial charge is 0.311 e. The van der Waals surface area contributed by atoms with Gasteiger partial charge >= 0.3 is 0 Å². The number of nitrogens with one attached hydrogen (secondary N) is 1. The molecule has 2 unspecified atom stereocenters. The molecule has 1 aliphatic heterocycles. The van der Waals surface area contributed by atoms with E-state index in [1.807, 2.05) is 0 Å². The minimum atomic E-state index is 0.306. The highest BCUT2D eigenvalue weighted by atomic mass is 35.5. The summed E-state index contributed by atoms with van der Waals surface area (Å²) >= 11 is 5.70. The van der Waals surface area contributed by atoms with Crippen LogP contribution < -0.4 is 5.32 Å². The molecule has 0 aromatic carbocycles. The molecule has 1 saturated heterocycles. The van der Waals surface area contributed by atoms with Crippen LogP contribution in [-0.2, 0) is 0 Å². The van der Waals surface area contributed by atoms with Crippen LogP contribution in [0.4, 0.5) is 0 Å². The third-order valence-corrected chi connectivity index (χ3v) is 5.02. The van der Waals surface area contributed by atoms with E-state index < -0.39 is 0 Å². The van der Waals surface area contributed by atoms with Crippen molar-refractivity contribution in [3.05, 3.63) is 11.6 Å². The van der Waals surface area contributed by atoms with Gasteiger partial charge < -0.3 is 5.32 Å². The van der Waals surface area contributed by atoms with Crippen LogP contribution in [0.25, 0.3) is 0 Å². The number of nitrogens with zero attached hydrogens (tertiary/aromatic N) is 1. The zero-order valence-corrected chi connectivity index (χ0v) is 13.1. The monoisotopic (exact) mass is 272 g/mol. The standard InChI is InChI=1S/C15H29ClN2/c1-5-13(4)14-11-18(10-8-9-16)15(6-2,7-3)12-17-14/h8-9,13-14,17H,5-7,10-12H2,1-4H3/b9-8+. The molecule has 1 rings (SSSR count). The van der Waals surface area contributed by atoms with Crippen molar-refractivity contribution in [3.63, 3.8) is 0 Å². The van der Waals surface area contributed by atoms with Crippen LogP contribution in [0.2, 0.25) is 0 Å². The van der Waals surface area contributed by atoms with Crippen LogP contribution in [-0.4, -0.2) is 36.1 Å². The average molecular weight is 273 g/mol. The van der Waals surface area contributed by atoms with E-state index in [4.69, 9.17) is 11.6 Å². The SMILES string of the molecule is CCC(C)C1CN(C/C=C/Cl)C(CC)(CC)CN1. The van der Waals surface area contributed by atoms with Crippen LogP contribution >= 0.6 is 11.6 Å². The third kappa shape index (κ3) is 3.49. The van der Waals surface area contributed by atoms with Crippen LogP contribution in [0.3, 0.4) is 0 Å². The molecule has 0 aliphatic carbocycles. The summed E-state index contributed by atoms with van der Waals surface area (Å²) in [4.78, 5) is 2.62. The lowest BCUT2D eigenvalue weighted by Gasteiger charge is -2.50. The summed E-state index contributed by atoms with van der Waals surface area (Å²) in [6.07, 6.45) is 5.70. The molecule has 2 nitrogen and oxygen atoms in total. The van der Waals surface area contributed by atoms with E-state index in [-0.39, 0.29) is 0 Å². The van der Waals surface area contributed by atoms with Crippen LogP contribution in [0.5, 0.6) is 0 Å². The Bertz CT molecular complexity index is 261. The van der Waals surface area contributed by atoms with Crippen LogP contribution in [0, 0.1) is 5.92 Å². The fraction of sp³-hybridized carbons (Fsp3) is 0.867. The molecule has 18 heavy (non-hydrogen) atoms. The van der Waals surface area contributed by atoms with Gasteiger partial charge in [-0.05, 0) is 18.8 Å².